The van der Waals surface area contributed by atoms with Gasteiger partial charge in [0.2, 0.25) is 5.91 Å². The molecule has 0 radical (unpaired) electrons. The fourth-order valence-electron chi connectivity index (χ4n) is 3.01. The average molecular weight is 333 g/mol. The highest BCUT2D eigenvalue weighted by molar-refractivity contribution is 5.78. The molecule has 1 aliphatic rings. The lowest BCUT2D eigenvalue weighted by molar-refractivity contribution is -0.123. The van der Waals surface area contributed by atoms with E-state index in [1.54, 1.807) is 0 Å². The zero-order valence-corrected chi connectivity index (χ0v) is 15.4. The van der Waals surface area contributed by atoms with E-state index in [0.717, 1.165) is 31.8 Å². The first kappa shape index (κ1) is 18.7. The zero-order chi connectivity index (χ0) is 17.5. The number of carbonyl (C=O) groups excluding carboxylic acids is 1. The Morgan fingerprint density at radius 2 is 2.00 bits per heavy atom. The molecule has 0 bridgehead atoms. The van der Waals surface area contributed by atoms with Crippen LogP contribution in [0, 0.1) is 0 Å². The van der Waals surface area contributed by atoms with Crippen LogP contribution >= 0.6 is 0 Å². The average Bonchev–Trinajstić information content (AvgIpc) is 2.51. The molecular weight excluding hydrogens is 302 g/mol. The van der Waals surface area contributed by atoms with Gasteiger partial charge in [0.05, 0.1) is 12.6 Å². The second-order valence-electron chi connectivity index (χ2n) is 6.99. The first-order valence-electron chi connectivity index (χ1n) is 8.89. The third-order valence-electron chi connectivity index (χ3n) is 4.35. The van der Waals surface area contributed by atoms with Crippen LogP contribution in [0.1, 0.15) is 26.3 Å². The summed E-state index contributed by atoms with van der Waals surface area (Å²) in [6.45, 7) is 10.4. The SMILES string of the molecule is CC(C)Oc1ccc(CCNC(=O)CN2CCN(C)C[C@@H]2C)cc1. The molecule has 1 N–H and O–H groups in total. The van der Waals surface area contributed by atoms with Crippen molar-refractivity contribution >= 4 is 5.91 Å². The van der Waals surface area contributed by atoms with Crippen LogP contribution in [0.5, 0.6) is 5.75 Å². The highest BCUT2D eigenvalue weighted by Gasteiger charge is 2.22. The summed E-state index contributed by atoms with van der Waals surface area (Å²) in [5.74, 6) is 1.01. The first-order valence-corrected chi connectivity index (χ1v) is 8.89. The normalized spacial score (nSPS) is 19.5. The van der Waals surface area contributed by atoms with Crippen LogP contribution in [0.15, 0.2) is 24.3 Å². The van der Waals surface area contributed by atoms with Gasteiger partial charge in [-0.15, -0.1) is 0 Å². The van der Waals surface area contributed by atoms with Crippen molar-refractivity contribution < 1.29 is 9.53 Å². The Labute approximate surface area is 146 Å². The molecule has 5 nitrogen and oxygen atoms in total. The first-order chi connectivity index (χ1) is 11.4. The molecule has 5 heteroatoms. The van der Waals surface area contributed by atoms with Crippen molar-refractivity contribution in [3.05, 3.63) is 29.8 Å². The van der Waals surface area contributed by atoms with Crippen LogP contribution < -0.4 is 10.1 Å². The number of likely N-dealkylation sites (N-methyl/N-ethyl adjacent to an activating group) is 1. The van der Waals surface area contributed by atoms with Gasteiger partial charge in [-0.25, -0.2) is 0 Å². The summed E-state index contributed by atoms with van der Waals surface area (Å²) < 4.78 is 5.64. The maximum Gasteiger partial charge on any atom is 0.234 e. The van der Waals surface area contributed by atoms with E-state index >= 15 is 0 Å². The Bertz CT molecular complexity index is 516. The van der Waals surface area contributed by atoms with Crippen LogP contribution in [0.3, 0.4) is 0 Å². The summed E-state index contributed by atoms with van der Waals surface area (Å²) in [7, 11) is 2.13. The van der Waals surface area contributed by atoms with E-state index in [1.807, 2.05) is 26.0 Å². The van der Waals surface area contributed by atoms with E-state index in [1.165, 1.54) is 5.56 Å². The van der Waals surface area contributed by atoms with Gasteiger partial charge in [-0.3, -0.25) is 9.69 Å². The van der Waals surface area contributed by atoms with Gasteiger partial charge < -0.3 is 15.0 Å². The highest BCUT2D eigenvalue weighted by Crippen LogP contribution is 2.14. The monoisotopic (exact) mass is 333 g/mol. The van der Waals surface area contributed by atoms with Crippen molar-refractivity contribution in [1.29, 1.82) is 0 Å². The molecule has 0 aromatic heterocycles. The van der Waals surface area contributed by atoms with Gasteiger partial charge in [0, 0.05) is 32.2 Å². The van der Waals surface area contributed by atoms with E-state index in [2.05, 4.69) is 41.2 Å². The number of carbonyl (C=O) groups is 1. The van der Waals surface area contributed by atoms with Gasteiger partial charge >= 0.3 is 0 Å². The molecule has 1 fully saturated rings. The summed E-state index contributed by atoms with van der Waals surface area (Å²) in [5, 5.41) is 3.03. The number of hydrogen-bond donors (Lipinski definition) is 1. The Balaban J connectivity index is 1.69. The lowest BCUT2D eigenvalue weighted by atomic mass is 10.1. The van der Waals surface area contributed by atoms with Gasteiger partial charge in [-0.1, -0.05) is 12.1 Å². The zero-order valence-electron chi connectivity index (χ0n) is 15.4. The number of benzene rings is 1. The number of piperazine rings is 1. The van der Waals surface area contributed by atoms with Crippen LogP contribution in [-0.2, 0) is 11.2 Å². The van der Waals surface area contributed by atoms with Crippen LogP contribution in [0.4, 0.5) is 0 Å². The largest absolute Gasteiger partial charge is 0.491 e. The van der Waals surface area contributed by atoms with E-state index in [0.29, 0.717) is 19.1 Å². The van der Waals surface area contributed by atoms with Gasteiger partial charge in [0.1, 0.15) is 5.75 Å². The number of ether oxygens (including phenoxy) is 1. The Hall–Kier alpha value is -1.59. The summed E-state index contributed by atoms with van der Waals surface area (Å²) in [6.07, 6.45) is 1.03. The number of amides is 1. The molecule has 0 aliphatic carbocycles. The minimum Gasteiger partial charge on any atom is -0.491 e. The molecule has 0 spiro atoms. The third-order valence-corrected chi connectivity index (χ3v) is 4.35. The Morgan fingerprint density at radius 3 is 2.62 bits per heavy atom. The fourth-order valence-corrected chi connectivity index (χ4v) is 3.01. The van der Waals surface area contributed by atoms with E-state index in [4.69, 9.17) is 4.74 Å². The number of hydrogen-bond acceptors (Lipinski definition) is 4. The third kappa shape index (κ3) is 6.13. The minimum absolute atomic E-state index is 0.117. The second kappa shape index (κ2) is 9.04. The van der Waals surface area contributed by atoms with Crippen molar-refractivity contribution in [2.45, 2.75) is 39.3 Å². The molecule has 0 saturated carbocycles. The molecular formula is C19H31N3O2. The van der Waals surface area contributed by atoms with Gasteiger partial charge in [0.15, 0.2) is 0 Å². The van der Waals surface area contributed by atoms with Crippen LogP contribution in [0.25, 0.3) is 0 Å². The molecule has 1 aromatic rings. The molecule has 1 heterocycles. The van der Waals surface area contributed by atoms with Crippen LogP contribution in [-0.4, -0.2) is 67.6 Å². The van der Waals surface area contributed by atoms with Crippen molar-refractivity contribution in [2.24, 2.45) is 0 Å². The summed E-state index contributed by atoms with van der Waals surface area (Å²) in [6, 6.07) is 8.54. The lowest BCUT2D eigenvalue weighted by Crippen LogP contribution is -2.53. The maximum atomic E-state index is 12.1. The van der Waals surface area contributed by atoms with E-state index in [9.17, 15) is 4.79 Å². The maximum absolute atomic E-state index is 12.1. The van der Waals surface area contributed by atoms with Gasteiger partial charge in [-0.2, -0.15) is 0 Å². The van der Waals surface area contributed by atoms with Gasteiger partial charge in [-0.05, 0) is 51.9 Å². The smallest absolute Gasteiger partial charge is 0.234 e. The second-order valence-corrected chi connectivity index (χ2v) is 6.99. The predicted molar refractivity (Wildman–Crippen MR) is 97.5 cm³/mol. The molecule has 1 atom stereocenters. The lowest BCUT2D eigenvalue weighted by Gasteiger charge is -2.37. The number of nitrogens with zero attached hydrogens (tertiary/aromatic N) is 2. The van der Waals surface area contributed by atoms with Gasteiger partial charge in [0.25, 0.3) is 0 Å². The topological polar surface area (TPSA) is 44.8 Å². The van der Waals surface area contributed by atoms with Crippen molar-refractivity contribution in [1.82, 2.24) is 15.1 Å². The van der Waals surface area contributed by atoms with Crippen molar-refractivity contribution in [3.63, 3.8) is 0 Å². The molecule has 0 unspecified atom stereocenters. The predicted octanol–water partition coefficient (Wildman–Crippen LogP) is 1.77. The molecule has 1 aliphatic heterocycles. The van der Waals surface area contributed by atoms with Crippen molar-refractivity contribution in [3.8, 4) is 5.75 Å². The summed E-state index contributed by atoms with van der Waals surface area (Å²) >= 11 is 0. The van der Waals surface area contributed by atoms with E-state index in [-0.39, 0.29) is 12.0 Å². The van der Waals surface area contributed by atoms with E-state index < -0.39 is 0 Å². The quantitative estimate of drug-likeness (QED) is 0.826. The standard InChI is InChI=1S/C19H31N3O2/c1-15(2)24-18-7-5-17(6-8-18)9-10-20-19(23)14-22-12-11-21(4)13-16(22)3/h5-8,15-16H,9-14H2,1-4H3,(H,20,23)/t16-/m0/s1. The number of nitrogens with one attached hydrogen (secondary N) is 1. The molecule has 2 rings (SSSR count). The highest BCUT2D eigenvalue weighted by atomic mass is 16.5. The summed E-state index contributed by atoms with van der Waals surface area (Å²) in [5.41, 5.74) is 1.21. The minimum atomic E-state index is 0.117. The molecule has 1 aromatic carbocycles. The summed E-state index contributed by atoms with van der Waals surface area (Å²) in [4.78, 5) is 16.7. The fraction of sp³-hybridized carbons (Fsp3) is 0.632. The molecule has 1 saturated heterocycles. The van der Waals surface area contributed by atoms with Crippen molar-refractivity contribution in [2.75, 3.05) is 39.8 Å². The molecule has 134 valence electrons. The Kier molecular flexibility index (Phi) is 7.06. The Morgan fingerprint density at radius 1 is 1.29 bits per heavy atom. The molecule has 1 amide bonds. The molecule has 24 heavy (non-hydrogen) atoms. The number of rotatable bonds is 7. The van der Waals surface area contributed by atoms with Crippen LogP contribution in [0.2, 0.25) is 0 Å².